The summed E-state index contributed by atoms with van der Waals surface area (Å²) >= 11 is -0.323. The molecule has 112 valence electrons. The van der Waals surface area contributed by atoms with Gasteiger partial charge in [-0.25, -0.2) is 9.18 Å². The Morgan fingerprint density at radius 1 is 1.35 bits per heavy atom. The predicted octanol–water partition coefficient (Wildman–Crippen LogP) is 3.23. The number of aliphatic hydroxyl groups excluding tert-OH is 1. The zero-order valence-electron chi connectivity index (χ0n) is 10.4. The summed E-state index contributed by atoms with van der Waals surface area (Å²) in [7, 11) is 0. The average molecular weight is 312 g/mol. The molecule has 0 aliphatic carbocycles. The van der Waals surface area contributed by atoms with Crippen molar-refractivity contribution < 1.29 is 32.2 Å². The van der Waals surface area contributed by atoms with E-state index in [1.54, 1.807) is 0 Å². The van der Waals surface area contributed by atoms with Crippen molar-refractivity contribution in [2.24, 2.45) is 0 Å². The Morgan fingerprint density at radius 2 is 1.90 bits per heavy atom. The highest BCUT2D eigenvalue weighted by Gasteiger charge is 2.31. The van der Waals surface area contributed by atoms with E-state index in [0.29, 0.717) is 0 Å². The van der Waals surface area contributed by atoms with Gasteiger partial charge in [0.25, 0.3) is 0 Å². The fourth-order valence-electron chi connectivity index (χ4n) is 1.39. The topological polar surface area (TPSA) is 46.5 Å². The lowest BCUT2D eigenvalue weighted by Crippen LogP contribution is -2.26. The fourth-order valence-corrected chi connectivity index (χ4v) is 1.93. The normalized spacial score (nSPS) is 14.7. The molecule has 0 fully saturated rings. The van der Waals surface area contributed by atoms with Crippen LogP contribution in [0, 0.1) is 0 Å². The highest BCUT2D eigenvalue weighted by atomic mass is 32.2. The highest BCUT2D eigenvalue weighted by molar-refractivity contribution is 8.00. The minimum absolute atomic E-state index is 0.00271. The molecule has 0 spiro atoms. The van der Waals surface area contributed by atoms with Crippen molar-refractivity contribution in [1.82, 2.24) is 0 Å². The molecule has 0 saturated heterocycles. The third-order valence-corrected chi connectivity index (χ3v) is 2.98. The number of thioether (sulfide) groups is 1. The molecule has 3 nitrogen and oxygen atoms in total. The molecule has 2 atom stereocenters. The molecule has 1 aromatic rings. The minimum Gasteiger partial charge on any atom is -0.464 e. The average Bonchev–Trinajstić information content (AvgIpc) is 2.36. The second-order valence-electron chi connectivity index (χ2n) is 3.72. The Hall–Kier alpha value is -1.28. The largest absolute Gasteiger partial charge is 0.464 e. The number of esters is 1. The lowest BCUT2D eigenvalue weighted by molar-refractivity contribution is -0.153. The van der Waals surface area contributed by atoms with E-state index in [-0.39, 0.29) is 28.8 Å². The number of halogens is 4. The summed E-state index contributed by atoms with van der Waals surface area (Å²) in [6.45, 7) is 1.45. The SMILES string of the molecule is CCOC(=O)C(F)C(O)c1ccc(SC(F)(F)F)cc1. The third kappa shape index (κ3) is 5.01. The molecule has 0 radical (unpaired) electrons. The first-order valence-electron chi connectivity index (χ1n) is 5.59. The van der Waals surface area contributed by atoms with Crippen molar-refractivity contribution in [2.45, 2.75) is 29.6 Å². The molecule has 1 rings (SSSR count). The van der Waals surface area contributed by atoms with Crippen LogP contribution in [0.15, 0.2) is 29.2 Å². The number of aliphatic hydroxyl groups is 1. The molecule has 1 N–H and O–H groups in total. The Kier molecular flexibility index (Phi) is 5.82. The number of benzene rings is 1. The molecular formula is C12H12F4O3S. The van der Waals surface area contributed by atoms with E-state index in [4.69, 9.17) is 0 Å². The standard InChI is InChI=1S/C12H12F4O3S/c1-2-19-11(18)9(13)10(17)7-3-5-8(6-4-7)20-12(14,15)16/h3-6,9-10,17H,2H2,1H3. The van der Waals surface area contributed by atoms with E-state index in [9.17, 15) is 27.5 Å². The maximum atomic E-state index is 13.5. The summed E-state index contributed by atoms with van der Waals surface area (Å²) < 4.78 is 54.3. The Morgan fingerprint density at radius 3 is 2.35 bits per heavy atom. The number of alkyl halides is 4. The molecule has 0 aliphatic rings. The smallest absolute Gasteiger partial charge is 0.446 e. The van der Waals surface area contributed by atoms with Gasteiger partial charge in [0.2, 0.25) is 6.17 Å². The van der Waals surface area contributed by atoms with E-state index < -0.39 is 23.8 Å². The summed E-state index contributed by atoms with van der Waals surface area (Å²) in [5.74, 6) is -1.21. The molecule has 0 heterocycles. The van der Waals surface area contributed by atoms with Crippen LogP contribution in [-0.4, -0.2) is 29.4 Å². The molecule has 0 bridgehead atoms. The Labute approximate surface area is 116 Å². The van der Waals surface area contributed by atoms with Crippen LogP contribution >= 0.6 is 11.8 Å². The molecule has 8 heteroatoms. The van der Waals surface area contributed by atoms with Gasteiger partial charge in [0.1, 0.15) is 6.10 Å². The molecular weight excluding hydrogens is 300 g/mol. The number of ether oxygens (including phenoxy) is 1. The van der Waals surface area contributed by atoms with Crippen molar-refractivity contribution in [3.63, 3.8) is 0 Å². The van der Waals surface area contributed by atoms with Crippen molar-refractivity contribution >= 4 is 17.7 Å². The first-order valence-corrected chi connectivity index (χ1v) is 6.40. The van der Waals surface area contributed by atoms with Crippen LogP contribution in [0.1, 0.15) is 18.6 Å². The van der Waals surface area contributed by atoms with Gasteiger partial charge in [0.15, 0.2) is 0 Å². The van der Waals surface area contributed by atoms with Crippen LogP contribution in [0.2, 0.25) is 0 Å². The van der Waals surface area contributed by atoms with Crippen LogP contribution in [0.5, 0.6) is 0 Å². The van der Waals surface area contributed by atoms with Crippen LogP contribution in [0.3, 0.4) is 0 Å². The van der Waals surface area contributed by atoms with Crippen LogP contribution in [0.4, 0.5) is 17.6 Å². The lowest BCUT2D eigenvalue weighted by atomic mass is 10.1. The van der Waals surface area contributed by atoms with Gasteiger partial charge in [0.05, 0.1) is 6.61 Å². The number of rotatable bonds is 5. The molecule has 0 saturated carbocycles. The Balaban J connectivity index is 2.75. The van der Waals surface area contributed by atoms with E-state index >= 15 is 0 Å². The van der Waals surface area contributed by atoms with Gasteiger partial charge in [-0.3, -0.25) is 0 Å². The van der Waals surface area contributed by atoms with Crippen LogP contribution < -0.4 is 0 Å². The van der Waals surface area contributed by atoms with Crippen molar-refractivity contribution in [3.05, 3.63) is 29.8 Å². The zero-order valence-corrected chi connectivity index (χ0v) is 11.2. The first-order chi connectivity index (χ1) is 9.24. The van der Waals surface area contributed by atoms with Gasteiger partial charge >= 0.3 is 11.5 Å². The molecule has 20 heavy (non-hydrogen) atoms. The van der Waals surface area contributed by atoms with E-state index in [1.807, 2.05) is 0 Å². The second kappa shape index (κ2) is 6.94. The maximum Gasteiger partial charge on any atom is 0.446 e. The summed E-state index contributed by atoms with van der Waals surface area (Å²) in [5.41, 5.74) is -4.43. The van der Waals surface area contributed by atoms with Gasteiger partial charge in [-0.2, -0.15) is 13.2 Å². The van der Waals surface area contributed by atoms with Crippen molar-refractivity contribution in [2.75, 3.05) is 6.61 Å². The van der Waals surface area contributed by atoms with Crippen LogP contribution in [-0.2, 0) is 9.53 Å². The van der Waals surface area contributed by atoms with Crippen molar-refractivity contribution in [1.29, 1.82) is 0 Å². The lowest BCUT2D eigenvalue weighted by Gasteiger charge is -2.15. The zero-order chi connectivity index (χ0) is 15.3. The van der Waals surface area contributed by atoms with Gasteiger partial charge in [0, 0.05) is 4.90 Å². The number of hydrogen-bond acceptors (Lipinski definition) is 4. The minimum atomic E-state index is -4.42. The van der Waals surface area contributed by atoms with E-state index in [0.717, 1.165) is 24.3 Å². The second-order valence-corrected chi connectivity index (χ2v) is 4.85. The highest BCUT2D eigenvalue weighted by Crippen LogP contribution is 2.37. The monoisotopic (exact) mass is 312 g/mol. The maximum absolute atomic E-state index is 13.5. The fraction of sp³-hybridized carbons (Fsp3) is 0.417. The molecule has 1 aromatic carbocycles. The number of carbonyl (C=O) groups excluding carboxylic acids is 1. The van der Waals surface area contributed by atoms with E-state index in [2.05, 4.69) is 4.74 Å². The summed E-state index contributed by atoms with van der Waals surface area (Å²) in [5, 5.41) is 9.60. The molecule has 0 amide bonds. The third-order valence-electron chi connectivity index (χ3n) is 2.24. The van der Waals surface area contributed by atoms with Gasteiger partial charge in [-0.1, -0.05) is 12.1 Å². The summed E-state index contributed by atoms with van der Waals surface area (Å²) in [4.78, 5) is 11.0. The Bertz CT molecular complexity index is 447. The molecule has 2 unspecified atom stereocenters. The molecule has 0 aromatic heterocycles. The van der Waals surface area contributed by atoms with Gasteiger partial charge in [-0.15, -0.1) is 0 Å². The van der Waals surface area contributed by atoms with E-state index in [1.165, 1.54) is 6.92 Å². The molecule has 0 aliphatic heterocycles. The predicted molar refractivity (Wildman–Crippen MR) is 64.8 cm³/mol. The van der Waals surface area contributed by atoms with Gasteiger partial charge < -0.3 is 9.84 Å². The quantitative estimate of drug-likeness (QED) is 0.515. The summed E-state index contributed by atoms with van der Waals surface area (Å²) in [6, 6.07) is 4.44. The van der Waals surface area contributed by atoms with Gasteiger partial charge in [-0.05, 0) is 36.4 Å². The van der Waals surface area contributed by atoms with Crippen molar-refractivity contribution in [3.8, 4) is 0 Å². The van der Waals surface area contributed by atoms with Crippen LogP contribution in [0.25, 0.3) is 0 Å². The number of carbonyl (C=O) groups is 1. The summed E-state index contributed by atoms with van der Waals surface area (Å²) in [6.07, 6.45) is -4.06. The number of hydrogen-bond donors (Lipinski definition) is 1. The first kappa shape index (κ1) is 16.8.